The van der Waals surface area contributed by atoms with Crippen LogP contribution in [0.3, 0.4) is 0 Å². The van der Waals surface area contributed by atoms with Crippen LogP contribution in [0.2, 0.25) is 0 Å². The molecule has 0 N–H and O–H groups in total. The normalized spacial score (nSPS) is 7.71. The highest BCUT2D eigenvalue weighted by Crippen LogP contribution is 2.13. The Morgan fingerprint density at radius 2 is 0.157 bits per heavy atom. The largest absolute Gasteiger partial charge is 0.0683 e. The Hall–Kier alpha value is -7.02. The minimum atomic E-state index is 1.31. The lowest BCUT2D eigenvalue weighted by atomic mass is 10.1. The van der Waals surface area contributed by atoms with Gasteiger partial charge in [0.1, 0.15) is 0 Å². The van der Waals surface area contributed by atoms with Crippen LogP contribution < -0.4 is 0 Å². The van der Waals surface area contributed by atoms with Crippen LogP contribution in [-0.4, -0.2) is 0 Å². The summed E-state index contributed by atoms with van der Waals surface area (Å²) in [5, 5.41) is 7.86. The van der Waals surface area contributed by atoms with Gasteiger partial charge in [0.05, 0.1) is 0 Å². The van der Waals surface area contributed by atoms with Crippen molar-refractivity contribution in [3.63, 3.8) is 0 Å². The summed E-state index contributed by atoms with van der Waals surface area (Å²) in [7, 11) is 0. The fourth-order valence-corrected chi connectivity index (χ4v) is 4.94. The first kappa shape index (κ1) is 72.0. The average Bonchev–Trinajstić information content (AvgIpc) is 3.52. The third-order valence-corrected chi connectivity index (χ3v) is 7.64. The maximum atomic E-state index is 2.12. The molecule has 0 spiro atoms. The van der Waals surface area contributed by atoms with E-state index in [4.69, 9.17) is 0 Å². The van der Waals surface area contributed by atoms with Crippen LogP contribution in [0.5, 0.6) is 0 Å². The minimum absolute atomic E-state index is 1.31. The lowest BCUT2D eigenvalue weighted by Gasteiger charge is -1.92. The Balaban J connectivity index is -0.000000226. The highest BCUT2D eigenvalue weighted by Gasteiger charge is 1.87. The van der Waals surface area contributed by atoms with Crippen molar-refractivity contribution in [3.05, 3.63) is 291 Å². The molecule has 0 atom stereocenters. The zero-order chi connectivity index (χ0) is 53.4. The molecule has 10 aromatic carbocycles. The minimum Gasteiger partial charge on any atom is -0.0683 e. The fraction of sp³-hybridized carbons (Fsp3) is 0.229. The molecule has 0 aliphatic heterocycles. The van der Waals surface area contributed by atoms with Crippen molar-refractivity contribution in [3.8, 4) is 0 Å². The molecular formula is C70H96. The first-order valence-corrected chi connectivity index (χ1v) is 26.2. The van der Waals surface area contributed by atoms with Crippen LogP contribution in [0.15, 0.2) is 291 Å². The van der Waals surface area contributed by atoms with Gasteiger partial charge in [-0.2, -0.15) is 0 Å². The number of benzene rings is 10. The number of hydrogen-bond acceptors (Lipinski definition) is 0. The van der Waals surface area contributed by atoms with Crippen molar-refractivity contribution in [1.82, 2.24) is 0 Å². The van der Waals surface area contributed by atoms with Gasteiger partial charge in [-0.1, -0.05) is 402 Å². The lowest BCUT2D eigenvalue weighted by Crippen LogP contribution is -1.67. The average molecular weight is 938 g/mol. The van der Waals surface area contributed by atoms with E-state index in [0.717, 1.165) is 0 Å². The smallest absolute Gasteiger partial charge is 0.0184 e. The molecule has 0 amide bonds. The summed E-state index contributed by atoms with van der Waals surface area (Å²) in [5.41, 5.74) is 0. The molecule has 0 fully saturated rings. The molecule has 0 radical (unpaired) electrons. The monoisotopic (exact) mass is 937 g/mol. The van der Waals surface area contributed by atoms with Crippen molar-refractivity contribution in [2.45, 2.75) is 111 Å². The lowest BCUT2D eigenvalue weighted by molar-refractivity contribution is 1.50. The molecule has 0 bridgehead atoms. The molecule has 0 heteroatoms. The van der Waals surface area contributed by atoms with Gasteiger partial charge in [-0.05, 0) is 32.3 Å². The van der Waals surface area contributed by atoms with Gasteiger partial charge in [0.25, 0.3) is 0 Å². The molecule has 0 aliphatic rings. The highest BCUT2D eigenvalue weighted by molar-refractivity contribution is 5.83. The third-order valence-electron chi connectivity index (χ3n) is 7.64. The molecule has 70 heavy (non-hydrogen) atoms. The molecule has 376 valence electrons. The molecule has 0 saturated carbocycles. The van der Waals surface area contributed by atoms with Gasteiger partial charge in [-0.3, -0.25) is 0 Å². The molecule has 10 rings (SSSR count). The van der Waals surface area contributed by atoms with Crippen molar-refractivity contribution in [2.75, 3.05) is 0 Å². The second kappa shape index (κ2) is 66.3. The van der Waals surface area contributed by atoms with Gasteiger partial charge in [0.15, 0.2) is 0 Å². The highest BCUT2D eigenvalue weighted by atomic mass is 13.9. The molecule has 0 nitrogen and oxygen atoms in total. The standard InChI is InChI=1S/3C10H8.4C6H6.8C2H6/c3*1-2-6-10-8-4-3-7-9(10)5-1;4*1-2-4-6-5-3-1;8*1-2/h3*1-8H;4*1-6H;8*1-2H3. The second-order valence-electron chi connectivity index (χ2n) is 11.7. The van der Waals surface area contributed by atoms with Gasteiger partial charge < -0.3 is 0 Å². The Morgan fingerprint density at radius 3 is 0.214 bits per heavy atom. The van der Waals surface area contributed by atoms with Gasteiger partial charge in [-0.25, -0.2) is 0 Å². The van der Waals surface area contributed by atoms with Crippen molar-refractivity contribution < 1.29 is 0 Å². The molecule has 10 aromatic rings. The van der Waals surface area contributed by atoms with E-state index in [0.29, 0.717) is 0 Å². The summed E-state index contributed by atoms with van der Waals surface area (Å²) in [4.78, 5) is 0. The van der Waals surface area contributed by atoms with Crippen molar-refractivity contribution in [1.29, 1.82) is 0 Å². The summed E-state index contributed by atoms with van der Waals surface area (Å²) >= 11 is 0. The zero-order valence-electron chi connectivity index (χ0n) is 46.7. The van der Waals surface area contributed by atoms with Crippen LogP contribution >= 0.6 is 0 Å². The first-order chi connectivity index (χ1) is 34.9. The van der Waals surface area contributed by atoms with Gasteiger partial charge in [0.2, 0.25) is 0 Å². The maximum absolute atomic E-state index is 2.12. The first-order valence-electron chi connectivity index (χ1n) is 26.2. The van der Waals surface area contributed by atoms with Crippen molar-refractivity contribution >= 4 is 32.3 Å². The summed E-state index contributed by atoms with van der Waals surface area (Å²) in [6.07, 6.45) is 0. The van der Waals surface area contributed by atoms with E-state index in [1.165, 1.54) is 32.3 Å². The summed E-state index contributed by atoms with van der Waals surface area (Å²) in [5.74, 6) is 0. The summed E-state index contributed by atoms with van der Waals surface area (Å²) < 4.78 is 0. The van der Waals surface area contributed by atoms with E-state index in [9.17, 15) is 0 Å². The van der Waals surface area contributed by atoms with E-state index in [1.54, 1.807) is 0 Å². The predicted molar refractivity (Wildman–Crippen MR) is 328 cm³/mol. The maximum Gasteiger partial charge on any atom is -0.0184 e. The zero-order valence-corrected chi connectivity index (χ0v) is 46.7. The van der Waals surface area contributed by atoms with Crippen LogP contribution in [-0.2, 0) is 0 Å². The van der Waals surface area contributed by atoms with E-state index in [-0.39, 0.29) is 0 Å². The van der Waals surface area contributed by atoms with Crippen LogP contribution in [0.1, 0.15) is 111 Å². The van der Waals surface area contributed by atoms with E-state index in [2.05, 4.69) is 146 Å². The van der Waals surface area contributed by atoms with Gasteiger partial charge in [-0.15, -0.1) is 0 Å². The van der Waals surface area contributed by atoms with E-state index in [1.807, 2.05) is 256 Å². The molecule has 0 aromatic heterocycles. The summed E-state index contributed by atoms with van der Waals surface area (Å²) in [6, 6.07) is 98.1. The van der Waals surface area contributed by atoms with Crippen LogP contribution in [0.4, 0.5) is 0 Å². The Morgan fingerprint density at radius 1 is 0.100 bits per heavy atom. The Labute approximate surface area is 432 Å². The SMILES string of the molecule is CC.CC.CC.CC.CC.CC.CC.CC.c1ccc2ccccc2c1.c1ccc2ccccc2c1.c1ccc2ccccc2c1.c1ccccc1.c1ccccc1.c1ccccc1.c1ccccc1. The van der Waals surface area contributed by atoms with Crippen LogP contribution in [0, 0.1) is 0 Å². The van der Waals surface area contributed by atoms with Gasteiger partial charge in [0, 0.05) is 0 Å². The molecular weight excluding hydrogens is 841 g/mol. The number of rotatable bonds is 0. The fourth-order valence-electron chi connectivity index (χ4n) is 4.94. The van der Waals surface area contributed by atoms with E-state index < -0.39 is 0 Å². The number of fused-ring (bicyclic) bond motifs is 3. The molecule has 0 unspecified atom stereocenters. The molecule has 0 heterocycles. The topological polar surface area (TPSA) is 0 Å². The number of hydrogen-bond donors (Lipinski definition) is 0. The second-order valence-corrected chi connectivity index (χ2v) is 11.7. The predicted octanol–water partition coefficient (Wildman–Crippen LogP) is 23.5. The van der Waals surface area contributed by atoms with Gasteiger partial charge >= 0.3 is 0 Å². The summed E-state index contributed by atoms with van der Waals surface area (Å²) in [6.45, 7) is 32.0. The van der Waals surface area contributed by atoms with Crippen molar-refractivity contribution in [2.24, 2.45) is 0 Å². The Bertz CT molecular complexity index is 1720. The third kappa shape index (κ3) is 43.5. The quantitative estimate of drug-likeness (QED) is 0.142. The molecule has 0 saturated heterocycles. The van der Waals surface area contributed by atoms with E-state index >= 15 is 0 Å². The van der Waals surface area contributed by atoms with Crippen LogP contribution in [0.25, 0.3) is 32.3 Å². The Kier molecular flexibility index (Phi) is 68.1. The molecule has 0 aliphatic carbocycles.